The zero-order valence-corrected chi connectivity index (χ0v) is 18.5. The maximum absolute atomic E-state index is 9.66. The van der Waals surface area contributed by atoms with Crippen LogP contribution in [0, 0.1) is 11.3 Å². The second-order valence-corrected chi connectivity index (χ2v) is 7.29. The van der Waals surface area contributed by atoms with Gasteiger partial charge in [0.05, 0.1) is 29.8 Å². The second-order valence-electron chi connectivity index (χ2n) is 6.44. The van der Waals surface area contributed by atoms with Gasteiger partial charge in [-0.2, -0.15) is 5.26 Å². The number of nitrogens with zero attached hydrogens (tertiary/aromatic N) is 1. The Morgan fingerprint density at radius 2 is 1.77 bits per heavy atom. The second kappa shape index (κ2) is 10.5. The van der Waals surface area contributed by atoms with Gasteiger partial charge in [0.1, 0.15) is 12.4 Å². The summed E-state index contributed by atoms with van der Waals surface area (Å²) >= 11 is 3.59. The average molecular weight is 464 g/mol. The number of allylic oxidation sites excluding steroid dienone is 1. The van der Waals surface area contributed by atoms with Crippen molar-refractivity contribution in [3.8, 4) is 23.3 Å². The molecule has 152 valence electrons. The van der Waals surface area contributed by atoms with Crippen LogP contribution in [-0.2, 0) is 6.61 Å². The van der Waals surface area contributed by atoms with Crippen molar-refractivity contribution in [2.24, 2.45) is 0 Å². The van der Waals surface area contributed by atoms with Gasteiger partial charge in [0.15, 0.2) is 11.5 Å². The zero-order valence-electron chi connectivity index (χ0n) is 16.9. The highest BCUT2D eigenvalue weighted by molar-refractivity contribution is 9.10. The normalized spacial score (nSPS) is 10.9. The number of hydrogen-bond donors (Lipinski definition) is 0. The largest absolute Gasteiger partial charge is 0.497 e. The van der Waals surface area contributed by atoms with Crippen molar-refractivity contribution in [2.45, 2.75) is 13.5 Å². The Labute approximate surface area is 185 Å². The van der Waals surface area contributed by atoms with Crippen molar-refractivity contribution in [3.63, 3.8) is 0 Å². The van der Waals surface area contributed by atoms with Crippen molar-refractivity contribution >= 4 is 27.6 Å². The van der Waals surface area contributed by atoms with E-state index >= 15 is 0 Å². The van der Waals surface area contributed by atoms with Gasteiger partial charge < -0.3 is 14.2 Å². The Hall–Kier alpha value is -3.23. The highest BCUT2D eigenvalue weighted by Crippen LogP contribution is 2.38. The van der Waals surface area contributed by atoms with Gasteiger partial charge in [-0.15, -0.1) is 0 Å². The van der Waals surface area contributed by atoms with E-state index in [1.165, 1.54) is 0 Å². The van der Waals surface area contributed by atoms with Crippen LogP contribution >= 0.6 is 15.9 Å². The first kappa shape index (κ1) is 21.5. The minimum atomic E-state index is 0.435. The average Bonchev–Trinajstić information content (AvgIpc) is 2.78. The van der Waals surface area contributed by atoms with Crippen molar-refractivity contribution in [2.75, 3.05) is 13.7 Å². The molecule has 0 aromatic heterocycles. The van der Waals surface area contributed by atoms with Gasteiger partial charge in [-0.25, -0.2) is 0 Å². The molecule has 0 amide bonds. The summed E-state index contributed by atoms with van der Waals surface area (Å²) in [6.07, 6.45) is 1.83. The number of rotatable bonds is 8. The molecule has 3 aromatic rings. The van der Waals surface area contributed by atoms with Crippen LogP contribution in [0.2, 0.25) is 0 Å². The van der Waals surface area contributed by atoms with Crippen LogP contribution in [0.4, 0.5) is 0 Å². The number of hydrogen-bond acceptors (Lipinski definition) is 4. The fourth-order valence-electron chi connectivity index (χ4n) is 2.92. The molecule has 5 heteroatoms. The molecule has 3 rings (SSSR count). The van der Waals surface area contributed by atoms with E-state index < -0.39 is 0 Å². The number of nitriles is 1. The molecule has 0 spiro atoms. The van der Waals surface area contributed by atoms with Crippen molar-refractivity contribution in [1.82, 2.24) is 0 Å². The van der Waals surface area contributed by atoms with Crippen molar-refractivity contribution < 1.29 is 14.2 Å². The highest BCUT2D eigenvalue weighted by Gasteiger charge is 2.13. The lowest BCUT2D eigenvalue weighted by Gasteiger charge is -2.15. The summed E-state index contributed by atoms with van der Waals surface area (Å²) in [5.41, 5.74) is 3.27. The Kier molecular flexibility index (Phi) is 7.53. The van der Waals surface area contributed by atoms with Crippen LogP contribution in [-0.4, -0.2) is 13.7 Å². The van der Waals surface area contributed by atoms with E-state index in [9.17, 15) is 5.26 Å². The number of halogens is 1. The van der Waals surface area contributed by atoms with E-state index in [2.05, 4.69) is 22.0 Å². The number of benzene rings is 3. The lowest BCUT2D eigenvalue weighted by Crippen LogP contribution is -2.01. The van der Waals surface area contributed by atoms with Crippen LogP contribution in [0.5, 0.6) is 17.2 Å². The minimum absolute atomic E-state index is 0.435. The Morgan fingerprint density at radius 1 is 1.03 bits per heavy atom. The van der Waals surface area contributed by atoms with Crippen molar-refractivity contribution in [3.05, 3.63) is 87.9 Å². The first-order valence-electron chi connectivity index (χ1n) is 9.54. The molecule has 0 radical (unpaired) electrons. The van der Waals surface area contributed by atoms with Gasteiger partial charge >= 0.3 is 0 Å². The summed E-state index contributed by atoms with van der Waals surface area (Å²) in [5, 5.41) is 9.66. The predicted octanol–water partition coefficient (Wildman–Crippen LogP) is 6.50. The first-order valence-corrected chi connectivity index (χ1v) is 10.3. The van der Waals surface area contributed by atoms with Gasteiger partial charge in [-0.1, -0.05) is 30.3 Å². The lowest BCUT2D eigenvalue weighted by molar-refractivity contribution is 0.267. The molecule has 0 N–H and O–H groups in total. The standard InChI is InChI=1S/C25H22BrNO3/c1-3-29-24-15-19(13-21(16-27)20-9-11-22(28-2)12-10-20)14-23(26)25(24)30-17-18-7-5-4-6-8-18/h4-15H,3,17H2,1-2H3/b21-13+. The topological polar surface area (TPSA) is 51.5 Å². The molecular weight excluding hydrogens is 442 g/mol. The molecule has 0 atom stereocenters. The minimum Gasteiger partial charge on any atom is -0.497 e. The molecule has 0 aliphatic carbocycles. The summed E-state index contributed by atoms with van der Waals surface area (Å²) in [7, 11) is 1.62. The SMILES string of the molecule is CCOc1cc(/C=C(\C#N)c2ccc(OC)cc2)cc(Br)c1OCc1ccccc1. The van der Waals surface area contributed by atoms with Crippen LogP contribution in [0.25, 0.3) is 11.6 Å². The van der Waals surface area contributed by atoms with Gasteiger partial charge in [0.25, 0.3) is 0 Å². The summed E-state index contributed by atoms with van der Waals surface area (Å²) in [6.45, 7) is 2.87. The molecule has 4 nitrogen and oxygen atoms in total. The Bertz CT molecular complexity index is 1050. The molecule has 0 fully saturated rings. The lowest BCUT2D eigenvalue weighted by atomic mass is 10.0. The molecule has 0 aliphatic heterocycles. The third-order valence-corrected chi connectivity index (χ3v) is 4.98. The van der Waals surface area contributed by atoms with Gasteiger partial charge in [0, 0.05) is 0 Å². The predicted molar refractivity (Wildman–Crippen MR) is 123 cm³/mol. The molecule has 3 aromatic carbocycles. The summed E-state index contributed by atoms with van der Waals surface area (Å²) in [4.78, 5) is 0. The van der Waals surface area contributed by atoms with Gasteiger partial charge in [-0.3, -0.25) is 0 Å². The van der Waals surface area contributed by atoms with E-state index in [1.807, 2.05) is 79.7 Å². The zero-order chi connectivity index (χ0) is 21.3. The van der Waals surface area contributed by atoms with Crippen LogP contribution < -0.4 is 14.2 Å². The third kappa shape index (κ3) is 5.43. The van der Waals surface area contributed by atoms with E-state index in [-0.39, 0.29) is 0 Å². The smallest absolute Gasteiger partial charge is 0.175 e. The Morgan fingerprint density at radius 3 is 2.40 bits per heavy atom. The maximum atomic E-state index is 9.66. The molecule has 0 heterocycles. The molecule has 0 saturated heterocycles. The van der Waals surface area contributed by atoms with Gasteiger partial charge in [-0.05, 0) is 82.0 Å². The van der Waals surface area contributed by atoms with Crippen molar-refractivity contribution in [1.29, 1.82) is 5.26 Å². The molecule has 30 heavy (non-hydrogen) atoms. The third-order valence-electron chi connectivity index (χ3n) is 4.39. The van der Waals surface area contributed by atoms with E-state index in [0.717, 1.165) is 26.9 Å². The van der Waals surface area contributed by atoms with Crippen LogP contribution in [0.3, 0.4) is 0 Å². The number of ether oxygens (including phenoxy) is 3. The van der Waals surface area contributed by atoms with Gasteiger partial charge in [0.2, 0.25) is 0 Å². The highest BCUT2D eigenvalue weighted by atomic mass is 79.9. The monoisotopic (exact) mass is 463 g/mol. The molecule has 0 saturated carbocycles. The summed E-state index contributed by atoms with van der Waals surface area (Å²) in [6, 6.07) is 23.4. The van der Waals surface area contributed by atoms with E-state index in [4.69, 9.17) is 14.2 Å². The molecule has 0 bridgehead atoms. The molecular formula is C25H22BrNO3. The van der Waals surface area contributed by atoms with E-state index in [0.29, 0.717) is 30.3 Å². The maximum Gasteiger partial charge on any atom is 0.175 e. The molecule has 0 aliphatic rings. The van der Waals surface area contributed by atoms with Crippen LogP contribution in [0.15, 0.2) is 71.2 Å². The quantitative estimate of drug-likeness (QED) is 0.282. The van der Waals surface area contributed by atoms with E-state index in [1.54, 1.807) is 7.11 Å². The first-order chi connectivity index (χ1) is 14.6. The fraction of sp³-hybridized carbons (Fsp3) is 0.160. The summed E-state index contributed by atoms with van der Waals surface area (Å²) < 4.78 is 17.8. The fourth-order valence-corrected chi connectivity index (χ4v) is 3.50. The molecule has 0 unspecified atom stereocenters. The van der Waals surface area contributed by atoms with Crippen LogP contribution in [0.1, 0.15) is 23.6 Å². The Balaban J connectivity index is 1.91. The number of methoxy groups -OCH3 is 1. The summed E-state index contributed by atoms with van der Waals surface area (Å²) in [5.74, 6) is 2.01.